The van der Waals surface area contributed by atoms with Crippen LogP contribution in [0, 0.1) is 6.92 Å². The number of carbonyl (C=O) groups is 1. The minimum atomic E-state index is -0.859. The highest BCUT2D eigenvalue weighted by atomic mass is 16.4. The third kappa shape index (κ3) is 2.95. The molecule has 0 amide bonds. The molecule has 1 aromatic rings. The Balaban J connectivity index is 2.69. The molecule has 15 heavy (non-hydrogen) atoms. The van der Waals surface area contributed by atoms with E-state index in [1.807, 2.05) is 25.1 Å². The van der Waals surface area contributed by atoms with Gasteiger partial charge in [0, 0.05) is 12.2 Å². The number of rotatable bonds is 4. The van der Waals surface area contributed by atoms with Crippen LogP contribution in [-0.4, -0.2) is 17.1 Å². The summed E-state index contributed by atoms with van der Waals surface area (Å²) in [5, 5.41) is 11.6. The molecule has 0 bridgehead atoms. The Labute approximate surface area is 89.1 Å². The summed E-state index contributed by atoms with van der Waals surface area (Å²) >= 11 is 0. The van der Waals surface area contributed by atoms with E-state index in [9.17, 15) is 4.79 Å². The molecule has 0 saturated heterocycles. The largest absolute Gasteiger partial charge is 0.480 e. The van der Waals surface area contributed by atoms with E-state index in [2.05, 4.69) is 5.32 Å². The van der Waals surface area contributed by atoms with Crippen LogP contribution in [0.4, 0.5) is 5.69 Å². The standard InChI is InChI=1S/C11H16N2O2/c1-7-4-3-5-10(12)9(7)6-13-8(2)11(14)15/h3-5,8,13H,6,12H2,1-2H3,(H,14,15)/t8-/m1/s1. The van der Waals surface area contributed by atoms with Gasteiger partial charge in [-0.25, -0.2) is 0 Å². The zero-order valence-electron chi connectivity index (χ0n) is 8.95. The zero-order chi connectivity index (χ0) is 11.4. The van der Waals surface area contributed by atoms with E-state index in [0.717, 1.165) is 11.1 Å². The lowest BCUT2D eigenvalue weighted by atomic mass is 10.1. The van der Waals surface area contributed by atoms with Crippen molar-refractivity contribution in [3.05, 3.63) is 29.3 Å². The molecule has 4 N–H and O–H groups in total. The maximum Gasteiger partial charge on any atom is 0.320 e. The quantitative estimate of drug-likeness (QED) is 0.648. The van der Waals surface area contributed by atoms with Crippen LogP contribution in [0.15, 0.2) is 18.2 Å². The van der Waals surface area contributed by atoms with Crippen molar-refractivity contribution in [2.24, 2.45) is 0 Å². The molecule has 0 saturated carbocycles. The Hall–Kier alpha value is -1.55. The number of nitrogen functional groups attached to an aromatic ring is 1. The van der Waals surface area contributed by atoms with Gasteiger partial charge in [-0.3, -0.25) is 4.79 Å². The SMILES string of the molecule is Cc1cccc(N)c1CN[C@H](C)C(=O)O. The fourth-order valence-corrected chi connectivity index (χ4v) is 1.31. The molecule has 1 atom stereocenters. The van der Waals surface area contributed by atoms with Crippen LogP contribution >= 0.6 is 0 Å². The highest BCUT2D eigenvalue weighted by Gasteiger charge is 2.10. The molecule has 0 aromatic heterocycles. The summed E-state index contributed by atoms with van der Waals surface area (Å²) in [7, 11) is 0. The van der Waals surface area contributed by atoms with Crippen LogP contribution in [0.2, 0.25) is 0 Å². The summed E-state index contributed by atoms with van der Waals surface area (Å²) in [6.07, 6.45) is 0. The van der Waals surface area contributed by atoms with Crippen molar-refractivity contribution in [3.8, 4) is 0 Å². The van der Waals surface area contributed by atoms with E-state index < -0.39 is 12.0 Å². The van der Waals surface area contributed by atoms with E-state index in [-0.39, 0.29) is 0 Å². The van der Waals surface area contributed by atoms with Gasteiger partial charge in [0.1, 0.15) is 6.04 Å². The molecule has 0 spiro atoms. The molecule has 0 heterocycles. The number of hydrogen-bond donors (Lipinski definition) is 3. The van der Waals surface area contributed by atoms with E-state index in [4.69, 9.17) is 10.8 Å². The minimum Gasteiger partial charge on any atom is -0.480 e. The molecule has 1 aromatic carbocycles. The van der Waals surface area contributed by atoms with Crippen molar-refractivity contribution in [2.75, 3.05) is 5.73 Å². The van der Waals surface area contributed by atoms with Crippen molar-refractivity contribution >= 4 is 11.7 Å². The fraction of sp³-hybridized carbons (Fsp3) is 0.364. The van der Waals surface area contributed by atoms with Gasteiger partial charge in [0.2, 0.25) is 0 Å². The van der Waals surface area contributed by atoms with E-state index in [1.165, 1.54) is 0 Å². The van der Waals surface area contributed by atoms with Crippen molar-refractivity contribution in [3.63, 3.8) is 0 Å². The molecule has 4 nitrogen and oxygen atoms in total. The summed E-state index contributed by atoms with van der Waals surface area (Å²) in [5.41, 5.74) is 8.52. The molecule has 1 rings (SSSR count). The van der Waals surface area contributed by atoms with Gasteiger partial charge in [0.25, 0.3) is 0 Å². The first-order valence-electron chi connectivity index (χ1n) is 4.82. The van der Waals surface area contributed by atoms with Gasteiger partial charge in [0.05, 0.1) is 0 Å². The summed E-state index contributed by atoms with van der Waals surface area (Å²) in [6.45, 7) is 4.04. The van der Waals surface area contributed by atoms with Crippen LogP contribution in [0.25, 0.3) is 0 Å². The van der Waals surface area contributed by atoms with Crippen LogP contribution < -0.4 is 11.1 Å². The molecular weight excluding hydrogens is 192 g/mol. The van der Waals surface area contributed by atoms with Gasteiger partial charge in [-0.05, 0) is 31.0 Å². The minimum absolute atomic E-state index is 0.478. The number of aliphatic carboxylic acids is 1. The third-order valence-corrected chi connectivity index (χ3v) is 2.40. The van der Waals surface area contributed by atoms with E-state index >= 15 is 0 Å². The monoisotopic (exact) mass is 208 g/mol. The predicted molar refractivity (Wildman–Crippen MR) is 59.5 cm³/mol. The first-order chi connectivity index (χ1) is 7.02. The van der Waals surface area contributed by atoms with Gasteiger partial charge in [-0.15, -0.1) is 0 Å². The summed E-state index contributed by atoms with van der Waals surface area (Å²) < 4.78 is 0. The van der Waals surface area contributed by atoms with Crippen LogP contribution in [-0.2, 0) is 11.3 Å². The zero-order valence-corrected chi connectivity index (χ0v) is 8.95. The molecular formula is C11H16N2O2. The molecule has 0 unspecified atom stereocenters. The van der Waals surface area contributed by atoms with Gasteiger partial charge >= 0.3 is 5.97 Å². The van der Waals surface area contributed by atoms with Crippen LogP contribution in [0.3, 0.4) is 0 Å². The second-order valence-electron chi connectivity index (χ2n) is 3.58. The number of anilines is 1. The number of nitrogens with two attached hydrogens (primary N) is 1. The Kier molecular flexibility index (Phi) is 3.68. The van der Waals surface area contributed by atoms with Crippen molar-refractivity contribution in [2.45, 2.75) is 26.4 Å². The van der Waals surface area contributed by atoms with Gasteiger partial charge in [0.15, 0.2) is 0 Å². The molecule has 0 aliphatic rings. The lowest BCUT2D eigenvalue weighted by Crippen LogP contribution is -2.33. The number of nitrogens with one attached hydrogen (secondary N) is 1. The fourth-order valence-electron chi connectivity index (χ4n) is 1.31. The van der Waals surface area contributed by atoms with Crippen molar-refractivity contribution in [1.29, 1.82) is 0 Å². The number of carboxylic acids is 1. The predicted octanol–water partition coefficient (Wildman–Crippen LogP) is 1.14. The number of aryl methyl sites for hydroxylation is 1. The summed E-state index contributed by atoms with van der Waals surface area (Å²) in [5.74, 6) is -0.859. The third-order valence-electron chi connectivity index (χ3n) is 2.40. The summed E-state index contributed by atoms with van der Waals surface area (Å²) in [6, 6.07) is 5.09. The number of hydrogen-bond acceptors (Lipinski definition) is 3. The normalized spacial score (nSPS) is 12.4. The smallest absolute Gasteiger partial charge is 0.320 e. The van der Waals surface area contributed by atoms with Crippen LogP contribution in [0.5, 0.6) is 0 Å². The maximum absolute atomic E-state index is 10.6. The van der Waals surface area contributed by atoms with Gasteiger partial charge in [-0.1, -0.05) is 12.1 Å². The molecule has 0 aliphatic heterocycles. The topological polar surface area (TPSA) is 75.3 Å². The molecule has 4 heteroatoms. The highest BCUT2D eigenvalue weighted by Crippen LogP contribution is 2.15. The second kappa shape index (κ2) is 4.79. The Morgan fingerprint density at radius 1 is 1.60 bits per heavy atom. The number of benzene rings is 1. The van der Waals surface area contributed by atoms with Gasteiger partial charge < -0.3 is 16.2 Å². The van der Waals surface area contributed by atoms with E-state index in [1.54, 1.807) is 6.92 Å². The van der Waals surface area contributed by atoms with Gasteiger partial charge in [-0.2, -0.15) is 0 Å². The average molecular weight is 208 g/mol. The van der Waals surface area contributed by atoms with Crippen molar-refractivity contribution < 1.29 is 9.90 Å². The second-order valence-corrected chi connectivity index (χ2v) is 3.58. The lowest BCUT2D eigenvalue weighted by Gasteiger charge is -2.12. The Bertz CT molecular complexity index is 343. The Morgan fingerprint density at radius 3 is 2.80 bits per heavy atom. The molecule has 0 radical (unpaired) electrons. The average Bonchev–Trinajstić information content (AvgIpc) is 2.16. The van der Waals surface area contributed by atoms with Crippen molar-refractivity contribution in [1.82, 2.24) is 5.32 Å². The number of carboxylic acid groups (broad SMARTS) is 1. The highest BCUT2D eigenvalue weighted by molar-refractivity contribution is 5.72. The molecule has 0 fully saturated rings. The summed E-state index contributed by atoms with van der Waals surface area (Å²) in [4.78, 5) is 10.6. The first kappa shape index (κ1) is 11.5. The lowest BCUT2D eigenvalue weighted by molar-refractivity contribution is -0.139. The first-order valence-corrected chi connectivity index (χ1v) is 4.82. The van der Waals surface area contributed by atoms with Crippen LogP contribution in [0.1, 0.15) is 18.1 Å². The molecule has 82 valence electrons. The molecule has 0 aliphatic carbocycles. The Morgan fingerprint density at radius 2 is 2.27 bits per heavy atom. The van der Waals surface area contributed by atoms with E-state index in [0.29, 0.717) is 12.2 Å². The maximum atomic E-state index is 10.6.